The minimum absolute atomic E-state index is 0. The van der Waals surface area contributed by atoms with Gasteiger partial charge >= 0.3 is 17.1 Å². The van der Waals surface area contributed by atoms with Crippen molar-refractivity contribution < 1.29 is 9.36 Å². The zero-order valence-electron chi connectivity index (χ0n) is 15.2. The van der Waals surface area contributed by atoms with Gasteiger partial charge in [0, 0.05) is 16.2 Å². The summed E-state index contributed by atoms with van der Waals surface area (Å²) in [6, 6.07) is 22.1. The molecule has 0 aromatic heterocycles. The number of hydrogen-bond acceptors (Lipinski definition) is 2. The average Bonchev–Trinajstić information content (AvgIpc) is 2.61. The van der Waals surface area contributed by atoms with Gasteiger partial charge in [-0.2, -0.15) is 0 Å². The van der Waals surface area contributed by atoms with Crippen molar-refractivity contribution in [1.29, 1.82) is 0 Å². The summed E-state index contributed by atoms with van der Waals surface area (Å²) < 4.78 is 14.2. The molecule has 3 rings (SSSR count). The van der Waals surface area contributed by atoms with Gasteiger partial charge in [0.2, 0.25) is 12.7 Å². The zero-order valence-corrected chi connectivity index (χ0v) is 18.2. The summed E-state index contributed by atoms with van der Waals surface area (Å²) in [5.41, 5.74) is 3.12. The topological polar surface area (TPSA) is 34.1 Å². The molecule has 0 radical (unpaired) electrons. The van der Waals surface area contributed by atoms with Crippen LogP contribution in [0, 0.1) is 20.8 Å². The van der Waals surface area contributed by atoms with Crippen molar-refractivity contribution in [2.45, 2.75) is 20.8 Å². The van der Waals surface area contributed by atoms with Crippen LogP contribution in [-0.2, 0) is 4.57 Å². The van der Waals surface area contributed by atoms with Gasteiger partial charge in [-0.05, 0) is 31.9 Å². The van der Waals surface area contributed by atoms with Gasteiger partial charge in [-0.3, -0.25) is 4.79 Å². The number of rotatable bonds is 4. The van der Waals surface area contributed by atoms with Crippen LogP contribution in [0.25, 0.3) is 0 Å². The molecular weight excluding hydrogens is 406 g/mol. The number of hydrogen-bond donors (Lipinski definition) is 0. The van der Waals surface area contributed by atoms with Crippen LogP contribution in [0.15, 0.2) is 72.8 Å². The molecule has 3 aromatic carbocycles. The van der Waals surface area contributed by atoms with Crippen molar-refractivity contribution in [3.63, 3.8) is 0 Å². The number of carbonyl (C=O) groups excluding carboxylic acids is 1. The third-order valence-corrected chi connectivity index (χ3v) is 7.26. The number of carbonyl (C=O) groups is 1. The molecule has 26 heavy (non-hydrogen) atoms. The third kappa shape index (κ3) is 3.62. The van der Waals surface area contributed by atoms with Crippen molar-refractivity contribution in [2.24, 2.45) is 0 Å². The van der Waals surface area contributed by atoms with E-state index in [2.05, 4.69) is 0 Å². The summed E-state index contributed by atoms with van der Waals surface area (Å²) in [6.45, 7) is 5.82. The Bertz CT molecular complexity index is 899. The van der Waals surface area contributed by atoms with E-state index >= 15 is 0 Å². The van der Waals surface area contributed by atoms with Gasteiger partial charge in [-0.25, -0.2) is 0 Å². The van der Waals surface area contributed by atoms with Crippen LogP contribution in [0.5, 0.6) is 0 Å². The second-order valence-corrected chi connectivity index (χ2v) is 9.02. The predicted molar refractivity (Wildman–Crippen MR) is 113 cm³/mol. The molecule has 0 aliphatic carbocycles. The molecular formula is C22H23O2PSe. The fourth-order valence-corrected chi connectivity index (χ4v) is 5.95. The molecule has 134 valence electrons. The molecule has 4 heteroatoms. The van der Waals surface area contributed by atoms with Crippen molar-refractivity contribution in [3.05, 3.63) is 95.1 Å². The van der Waals surface area contributed by atoms with Crippen molar-refractivity contribution in [2.75, 3.05) is 0 Å². The minimum atomic E-state index is -3.44. The molecule has 0 aliphatic rings. The predicted octanol–water partition coefficient (Wildman–Crippen LogP) is 3.85. The van der Waals surface area contributed by atoms with Gasteiger partial charge in [0.1, 0.15) is 0 Å². The summed E-state index contributed by atoms with van der Waals surface area (Å²) in [4.78, 5) is 13.6. The molecule has 0 atom stereocenters. The monoisotopic (exact) mass is 430 g/mol. The van der Waals surface area contributed by atoms with Gasteiger partial charge in [0.25, 0.3) is 0 Å². The second kappa shape index (κ2) is 8.18. The fraction of sp³-hybridized carbons (Fsp3) is 0.136. The van der Waals surface area contributed by atoms with Gasteiger partial charge in [-0.1, -0.05) is 78.4 Å². The van der Waals surface area contributed by atoms with Crippen LogP contribution in [0.2, 0.25) is 0 Å². The SMILES string of the molecule is Cc1cc(C)c(C(=O)P(=O)(c2ccccc2)c2ccccc2)c(C)c1.[SeH2]. The van der Waals surface area contributed by atoms with E-state index < -0.39 is 7.14 Å². The van der Waals surface area contributed by atoms with E-state index in [-0.39, 0.29) is 22.6 Å². The van der Waals surface area contributed by atoms with Gasteiger partial charge in [0.15, 0.2) is 0 Å². The van der Waals surface area contributed by atoms with E-state index in [9.17, 15) is 9.36 Å². The van der Waals surface area contributed by atoms with Crippen LogP contribution in [0.3, 0.4) is 0 Å². The molecule has 3 aromatic rings. The first-order valence-electron chi connectivity index (χ1n) is 8.28. The summed E-state index contributed by atoms with van der Waals surface area (Å²) in [6.07, 6.45) is 0. The fourth-order valence-electron chi connectivity index (χ4n) is 3.33. The molecule has 0 heterocycles. The van der Waals surface area contributed by atoms with E-state index in [1.807, 2.05) is 69.3 Å². The Morgan fingerprint density at radius 3 is 1.50 bits per heavy atom. The Morgan fingerprint density at radius 2 is 1.12 bits per heavy atom. The molecule has 0 amide bonds. The average molecular weight is 429 g/mol. The van der Waals surface area contributed by atoms with E-state index in [0.29, 0.717) is 16.2 Å². The van der Waals surface area contributed by atoms with Crippen molar-refractivity contribution in [1.82, 2.24) is 0 Å². The molecule has 0 bridgehead atoms. The van der Waals surface area contributed by atoms with E-state index in [0.717, 1.165) is 16.7 Å². The molecule has 0 aliphatic heterocycles. The quantitative estimate of drug-likeness (QED) is 0.467. The molecule has 0 saturated carbocycles. The Morgan fingerprint density at radius 1 is 0.731 bits per heavy atom. The first-order valence-corrected chi connectivity index (χ1v) is 9.99. The zero-order chi connectivity index (χ0) is 18.0. The number of benzene rings is 3. The van der Waals surface area contributed by atoms with Gasteiger partial charge < -0.3 is 4.57 Å². The van der Waals surface area contributed by atoms with E-state index in [1.165, 1.54) is 0 Å². The maximum absolute atomic E-state index is 14.2. The van der Waals surface area contributed by atoms with Crippen LogP contribution < -0.4 is 10.6 Å². The standard InChI is InChI=1S/C22H21O2P.H2Se/c1-16-14-17(2)21(18(3)15-16)22(23)25(24,19-10-6-4-7-11-19)20-12-8-5-9-13-20;/h4-15H,1-3H3;1H2. The third-order valence-electron chi connectivity index (χ3n) is 4.42. The van der Waals surface area contributed by atoms with Gasteiger partial charge in [0.05, 0.1) is 0 Å². The Hall–Kier alpha value is -1.92. The van der Waals surface area contributed by atoms with Crippen LogP contribution >= 0.6 is 7.14 Å². The van der Waals surface area contributed by atoms with Crippen molar-refractivity contribution in [3.8, 4) is 0 Å². The van der Waals surface area contributed by atoms with Gasteiger partial charge in [-0.15, -0.1) is 0 Å². The van der Waals surface area contributed by atoms with Crippen molar-refractivity contribution >= 4 is 40.3 Å². The van der Waals surface area contributed by atoms with Crippen LogP contribution in [0.1, 0.15) is 27.0 Å². The molecule has 2 nitrogen and oxygen atoms in total. The molecule has 0 saturated heterocycles. The summed E-state index contributed by atoms with van der Waals surface area (Å²) in [5.74, 6) is 0. The molecule has 0 fully saturated rings. The first kappa shape index (κ1) is 20.4. The van der Waals surface area contributed by atoms with Crippen LogP contribution in [0.4, 0.5) is 0 Å². The summed E-state index contributed by atoms with van der Waals surface area (Å²) in [5, 5.41) is 1.15. The Kier molecular flexibility index (Phi) is 6.42. The second-order valence-electron chi connectivity index (χ2n) is 6.36. The Labute approximate surface area is 165 Å². The molecule has 0 spiro atoms. The molecule has 0 N–H and O–H groups in total. The first-order chi connectivity index (χ1) is 11.9. The van der Waals surface area contributed by atoms with E-state index in [4.69, 9.17) is 0 Å². The summed E-state index contributed by atoms with van der Waals surface area (Å²) in [7, 11) is -3.44. The number of aryl methyl sites for hydroxylation is 3. The molecule has 0 unspecified atom stereocenters. The normalized spacial score (nSPS) is 10.9. The van der Waals surface area contributed by atoms with Crippen LogP contribution in [-0.4, -0.2) is 22.6 Å². The maximum atomic E-state index is 14.2. The Balaban J connectivity index is 0.00000243. The summed E-state index contributed by atoms with van der Waals surface area (Å²) >= 11 is 0. The van der Waals surface area contributed by atoms with E-state index in [1.54, 1.807) is 24.3 Å².